The molecule has 4 aromatic rings. The molecule has 8 fully saturated rings. The highest BCUT2D eigenvalue weighted by Crippen LogP contribution is 2.32. The summed E-state index contributed by atoms with van der Waals surface area (Å²) >= 11 is 23.2. The molecule has 3 amide bonds. The molecular formula is C91H149Cl4FN14O22. The molecule has 7 unspecified atom stereocenters. The Labute approximate surface area is 798 Å². The van der Waals surface area contributed by atoms with E-state index in [0.717, 1.165) is 99.7 Å². The van der Waals surface area contributed by atoms with Crippen molar-refractivity contribution in [3.05, 3.63) is 97.7 Å². The van der Waals surface area contributed by atoms with Gasteiger partial charge in [0.05, 0.1) is 140 Å². The van der Waals surface area contributed by atoms with Crippen molar-refractivity contribution in [2.24, 2.45) is 11.7 Å². The second-order valence-electron chi connectivity index (χ2n) is 38.4. The maximum absolute atomic E-state index is 12.4. The first kappa shape index (κ1) is 118. The van der Waals surface area contributed by atoms with Gasteiger partial charge in [0.25, 0.3) is 0 Å². The van der Waals surface area contributed by atoms with Gasteiger partial charge >= 0.3 is 18.2 Å². The number of ether oxygens (including phenoxy) is 10. The van der Waals surface area contributed by atoms with Crippen molar-refractivity contribution >= 4 is 100 Å². The number of carbonyl (C=O) groups is 6. The van der Waals surface area contributed by atoms with Crippen LogP contribution in [0.25, 0.3) is 0 Å². The Hall–Kier alpha value is -6.77. The average Bonchev–Trinajstić information content (AvgIpc) is 1.20. The molecule has 10 N–H and O–H groups in total. The number of pyridine rings is 4. The Morgan fingerprint density at radius 1 is 0.455 bits per heavy atom. The number of esters is 1. The zero-order valence-electron chi connectivity index (χ0n) is 81.4. The number of rotatable bonds is 18. The van der Waals surface area contributed by atoms with Crippen LogP contribution in [-0.4, -0.2) is 367 Å². The summed E-state index contributed by atoms with van der Waals surface area (Å²) < 4.78 is 66.2. The molecule has 1 aliphatic carbocycles. The maximum Gasteiger partial charge on any atom is 0.410 e. The number of hydrogen-bond acceptors (Lipinski definition) is 33. The smallest absolute Gasteiger partial charge is 0.410 e. The number of nitrogens with one attached hydrogen (secondary N) is 2. The van der Waals surface area contributed by atoms with E-state index in [0.29, 0.717) is 127 Å². The number of primary amides is 1. The number of nitrogens with zero attached hydrogens (tertiary/aromatic N) is 11. The summed E-state index contributed by atoms with van der Waals surface area (Å²) in [7, 11) is 8.02. The van der Waals surface area contributed by atoms with Crippen molar-refractivity contribution in [1.82, 2.24) is 50.2 Å². The maximum atomic E-state index is 12.4. The molecule has 0 aromatic carbocycles. The Kier molecular flexibility index (Phi) is 48.4. The van der Waals surface area contributed by atoms with Crippen LogP contribution in [0.5, 0.6) is 0 Å². The second-order valence-corrected chi connectivity index (χ2v) is 40.0. The second kappa shape index (κ2) is 54.4. The van der Waals surface area contributed by atoms with E-state index in [9.17, 15) is 63.8 Å². The summed E-state index contributed by atoms with van der Waals surface area (Å²) in [5, 5.41) is 66.9. The number of carbonyl (C=O) groups excluding carboxylic acids is 6. The fourth-order valence-electron chi connectivity index (χ4n) is 13.0. The molecule has 7 saturated heterocycles. The zero-order chi connectivity index (χ0) is 99.7. The molecule has 41 heteroatoms. The van der Waals surface area contributed by atoms with Gasteiger partial charge in [0, 0.05) is 97.5 Å². The number of nitrogens with two attached hydrogens (primary N) is 1. The summed E-state index contributed by atoms with van der Waals surface area (Å²) in [6.07, 6.45) is 0.342. The van der Waals surface area contributed by atoms with Gasteiger partial charge in [-0.05, 0) is 221 Å². The van der Waals surface area contributed by atoms with Crippen molar-refractivity contribution in [3.8, 4) is 0 Å². The molecule has 1 saturated carbocycles. The standard InChI is InChI=1S/2C15H24ClN3O2.C13H17ClN2O3.C12H21NO5.C12H23NO4.2C7H15NO2.C6H3ClFNO.C4H7NO/c2*1-15(2,20)13-10-19(7-8-21-13)12-5-6-14(16)17-11(12)9-18(3)4;1-13(2,18)11-7-16(5-6-19-11)10-3-4-12(14)15-9(10)8-17;1-5-16-10(14)9-8-13(6-7-17-9)11(15)18-12(2,3)4;1-11(2,3)17-10(14)13-6-7-16-9(8-13)12(4,5)15;2*1-7(2,9)6-5-8-3-4-10-6;7-6-2-1-4(8)5(3-10)9-6;5-4(6)3-1-2-3/h2*5-6,13,20H,7-10H2,1-4H3;3-4,8,11,18H,5-7H2,1-2H3;9H,5-8H2,1-4H3;9,15H,6-8H2,1-5H3;2*6,8-9H,3-5H2,1-2H3;1-3H;3H,1-2H2,(H2,5,6). The molecule has 0 spiro atoms. The van der Waals surface area contributed by atoms with E-state index >= 15 is 0 Å². The Morgan fingerprint density at radius 3 is 1.08 bits per heavy atom. The highest BCUT2D eigenvalue weighted by molar-refractivity contribution is 6.30. The monoisotopic (exact) mass is 1950 g/mol. The van der Waals surface area contributed by atoms with E-state index in [1.807, 2.05) is 78.1 Å². The van der Waals surface area contributed by atoms with E-state index in [4.69, 9.17) is 99.5 Å². The van der Waals surface area contributed by atoms with E-state index in [1.54, 1.807) is 128 Å². The Balaban J connectivity index is 0.000000317. The van der Waals surface area contributed by atoms with Crippen LogP contribution in [-0.2, 0) is 70.0 Å². The fraction of sp³-hybridized carbons (Fsp3) is 0.714. The molecule has 0 radical (unpaired) electrons. The number of hydrogen-bond donors (Lipinski definition) is 9. The number of aliphatic hydroxyl groups is 6. The average molecular weight is 1950 g/mol. The van der Waals surface area contributed by atoms with Crippen LogP contribution >= 0.6 is 46.4 Å². The lowest BCUT2D eigenvalue weighted by atomic mass is 10.00. The predicted molar refractivity (Wildman–Crippen MR) is 505 cm³/mol. The highest BCUT2D eigenvalue weighted by Gasteiger charge is 2.40. The first-order chi connectivity index (χ1) is 61.1. The molecule has 11 heterocycles. The third-order valence-corrected chi connectivity index (χ3v) is 21.3. The van der Waals surface area contributed by atoms with Crippen molar-refractivity contribution in [1.29, 1.82) is 0 Å². The third-order valence-electron chi connectivity index (χ3n) is 20.5. The normalized spacial score (nSPS) is 21.0. The first-order valence-corrected chi connectivity index (χ1v) is 45.9. The highest BCUT2D eigenvalue weighted by atomic mass is 35.5. The van der Waals surface area contributed by atoms with Gasteiger partial charge in [0.2, 0.25) is 5.91 Å². The van der Waals surface area contributed by atoms with Gasteiger partial charge < -0.3 is 129 Å². The van der Waals surface area contributed by atoms with E-state index in [1.165, 1.54) is 11.0 Å². The van der Waals surface area contributed by atoms with Gasteiger partial charge in [-0.3, -0.25) is 14.4 Å². The number of aromatic nitrogens is 4. The summed E-state index contributed by atoms with van der Waals surface area (Å²) in [6.45, 7) is 47.9. The minimum atomic E-state index is -0.958. The van der Waals surface area contributed by atoms with Crippen LogP contribution in [0, 0.1) is 11.7 Å². The quantitative estimate of drug-likeness (QED) is 0.0194. The largest absolute Gasteiger partial charge is 0.464 e. The number of aldehydes is 2. The van der Waals surface area contributed by atoms with Gasteiger partial charge in [0.15, 0.2) is 24.5 Å². The van der Waals surface area contributed by atoms with Gasteiger partial charge in [-0.25, -0.2) is 38.7 Å². The Bertz CT molecular complexity index is 4040. The third kappa shape index (κ3) is 44.6. The van der Waals surface area contributed by atoms with Crippen molar-refractivity contribution < 1.29 is 111 Å². The van der Waals surface area contributed by atoms with Crippen LogP contribution in [0.2, 0.25) is 20.6 Å². The SMILES string of the molecule is CC(C)(C)OC(=O)N1CCOC(C(C)(C)O)C1.CC(C)(O)C1CN(c2ccc(Cl)nc2C=O)CCO1.CC(C)(O)C1CNCCO1.CC(C)(O)C1CNCCO1.CCOC(=O)C1CN(C(=O)OC(C)(C)C)CCO1.CN(C)Cc1nc(Cl)ccc1N1CCOC(C(C)(C)O)C1.CN(C)Cc1nc(Cl)ccc1N1CCOC(C(C)(C)O)C1.NC(=O)C1CC1.O=Cc1nc(Cl)ccc1F. The lowest BCUT2D eigenvalue weighted by Crippen LogP contribution is -2.54. The molecule has 4 aromatic heterocycles. The van der Waals surface area contributed by atoms with Crippen LogP contribution in [0.4, 0.5) is 31.0 Å². The summed E-state index contributed by atoms with van der Waals surface area (Å²) in [5.74, 6) is -0.981. The minimum absolute atomic E-state index is 0.0544. The van der Waals surface area contributed by atoms with Crippen LogP contribution < -0.4 is 31.1 Å². The van der Waals surface area contributed by atoms with Gasteiger partial charge in [-0.15, -0.1) is 0 Å². The summed E-state index contributed by atoms with van der Waals surface area (Å²) in [5.41, 5.74) is 3.56. The Morgan fingerprint density at radius 2 is 0.773 bits per heavy atom. The summed E-state index contributed by atoms with van der Waals surface area (Å²) in [4.78, 5) is 96.2. The van der Waals surface area contributed by atoms with E-state index in [2.05, 4.69) is 50.2 Å². The molecule has 7 aliphatic heterocycles. The van der Waals surface area contributed by atoms with E-state index in [-0.39, 0.29) is 77.1 Å². The molecular weight excluding hydrogens is 1800 g/mol. The number of anilines is 3. The van der Waals surface area contributed by atoms with Crippen LogP contribution in [0.15, 0.2) is 48.5 Å². The van der Waals surface area contributed by atoms with Crippen molar-refractivity contribution in [3.63, 3.8) is 0 Å². The molecule has 132 heavy (non-hydrogen) atoms. The number of amides is 3. The van der Waals surface area contributed by atoms with Gasteiger partial charge in [0.1, 0.15) is 67.6 Å². The predicted octanol–water partition coefficient (Wildman–Crippen LogP) is 8.71. The molecule has 12 rings (SSSR count). The molecule has 8 aliphatic rings. The summed E-state index contributed by atoms with van der Waals surface area (Å²) in [6, 6.07) is 13.4. The van der Waals surface area contributed by atoms with Gasteiger partial charge in [-0.2, -0.15) is 0 Å². The van der Waals surface area contributed by atoms with Crippen LogP contribution in [0.3, 0.4) is 0 Å². The van der Waals surface area contributed by atoms with E-state index < -0.39 is 68.8 Å². The topological polar surface area (TPSA) is 440 Å². The number of morpholine rings is 7. The van der Waals surface area contributed by atoms with Gasteiger partial charge in [-0.1, -0.05) is 46.4 Å². The first-order valence-electron chi connectivity index (χ1n) is 44.4. The van der Waals surface area contributed by atoms with Crippen molar-refractivity contribution in [2.75, 3.05) is 187 Å². The molecule has 750 valence electrons. The molecule has 0 bridgehead atoms. The van der Waals surface area contributed by atoms with Crippen molar-refractivity contribution in [2.45, 2.75) is 245 Å². The fourth-order valence-corrected chi connectivity index (χ4v) is 13.7. The lowest BCUT2D eigenvalue weighted by molar-refractivity contribution is -0.161. The lowest BCUT2D eigenvalue weighted by Gasteiger charge is -2.40. The molecule has 36 nitrogen and oxygen atoms in total. The van der Waals surface area contributed by atoms with Crippen LogP contribution in [0.1, 0.15) is 177 Å². The zero-order valence-corrected chi connectivity index (χ0v) is 84.4. The molecule has 7 atom stereocenters. The number of halogens is 5. The minimum Gasteiger partial charge on any atom is -0.464 e.